The maximum Gasteiger partial charge on any atom is 0.282 e. The molecular formula is C14H22N2O4S. The first kappa shape index (κ1) is 15.0. The zero-order valence-corrected chi connectivity index (χ0v) is 12.8. The topological polar surface area (TPSA) is 74.0 Å². The van der Waals surface area contributed by atoms with Gasteiger partial charge < -0.3 is 9.52 Å². The smallest absolute Gasteiger partial charge is 0.282 e. The Morgan fingerprint density at radius 1 is 1.33 bits per heavy atom. The minimum atomic E-state index is -3.55. The number of aliphatic hydroxyl groups excluding tert-OH is 1. The normalized spacial score (nSPS) is 24.6. The van der Waals surface area contributed by atoms with E-state index in [9.17, 15) is 13.5 Å². The Labute approximate surface area is 125 Å². The van der Waals surface area contributed by atoms with E-state index in [0.29, 0.717) is 12.3 Å². The molecule has 0 radical (unpaired) electrons. The Morgan fingerprint density at radius 3 is 2.76 bits per heavy atom. The van der Waals surface area contributed by atoms with E-state index >= 15 is 0 Å². The van der Waals surface area contributed by atoms with Gasteiger partial charge in [0.1, 0.15) is 5.76 Å². The lowest BCUT2D eigenvalue weighted by Crippen LogP contribution is -2.52. The summed E-state index contributed by atoms with van der Waals surface area (Å²) in [6.07, 6.45) is 5.92. The number of furan rings is 1. The SMILES string of the molecule is O=S(=O)(N1CCCCC1CO)N(Cc1ccco1)C1CC1. The molecule has 118 valence electrons. The van der Waals surface area contributed by atoms with Gasteiger partial charge in [-0.2, -0.15) is 17.0 Å². The van der Waals surface area contributed by atoms with Crippen LogP contribution in [0.3, 0.4) is 0 Å². The first-order chi connectivity index (χ1) is 10.1. The van der Waals surface area contributed by atoms with E-state index in [1.165, 1.54) is 4.31 Å². The van der Waals surface area contributed by atoms with E-state index in [2.05, 4.69) is 0 Å². The van der Waals surface area contributed by atoms with E-state index in [4.69, 9.17) is 4.42 Å². The predicted octanol–water partition coefficient (Wildman–Crippen LogP) is 1.34. The van der Waals surface area contributed by atoms with Crippen LogP contribution in [0.1, 0.15) is 37.9 Å². The van der Waals surface area contributed by atoms with Crippen LogP contribution in [0.2, 0.25) is 0 Å². The molecule has 1 aliphatic heterocycles. The third-order valence-corrected chi connectivity index (χ3v) is 6.32. The summed E-state index contributed by atoms with van der Waals surface area (Å²) in [5.74, 6) is 0.656. The summed E-state index contributed by atoms with van der Waals surface area (Å²) in [4.78, 5) is 0. The van der Waals surface area contributed by atoms with Crippen LogP contribution in [0, 0.1) is 0 Å². The van der Waals surface area contributed by atoms with Gasteiger partial charge in [-0.25, -0.2) is 0 Å². The number of aliphatic hydroxyl groups is 1. The molecule has 3 rings (SSSR count). The molecule has 1 aromatic heterocycles. The monoisotopic (exact) mass is 314 g/mol. The van der Waals surface area contributed by atoms with E-state index in [-0.39, 0.29) is 25.2 Å². The van der Waals surface area contributed by atoms with Crippen molar-refractivity contribution in [1.82, 2.24) is 8.61 Å². The van der Waals surface area contributed by atoms with Gasteiger partial charge in [-0.05, 0) is 37.8 Å². The fourth-order valence-corrected chi connectivity index (χ4v) is 4.97. The molecule has 0 bridgehead atoms. The molecule has 1 unspecified atom stereocenters. The highest BCUT2D eigenvalue weighted by Gasteiger charge is 2.43. The highest BCUT2D eigenvalue weighted by molar-refractivity contribution is 7.86. The van der Waals surface area contributed by atoms with Crippen LogP contribution >= 0.6 is 0 Å². The van der Waals surface area contributed by atoms with Crippen molar-refractivity contribution < 1.29 is 17.9 Å². The quantitative estimate of drug-likeness (QED) is 0.860. The van der Waals surface area contributed by atoms with Crippen LogP contribution in [0.25, 0.3) is 0 Å². The van der Waals surface area contributed by atoms with Gasteiger partial charge in [-0.3, -0.25) is 0 Å². The molecule has 1 atom stereocenters. The van der Waals surface area contributed by atoms with Crippen LogP contribution < -0.4 is 0 Å². The van der Waals surface area contributed by atoms with Gasteiger partial charge in [-0.1, -0.05) is 6.42 Å². The third-order valence-electron chi connectivity index (χ3n) is 4.22. The molecule has 2 heterocycles. The van der Waals surface area contributed by atoms with Crippen molar-refractivity contribution in [2.75, 3.05) is 13.2 Å². The van der Waals surface area contributed by atoms with E-state index < -0.39 is 10.2 Å². The first-order valence-electron chi connectivity index (χ1n) is 7.55. The van der Waals surface area contributed by atoms with E-state index in [1.807, 2.05) is 0 Å². The second-order valence-corrected chi connectivity index (χ2v) is 7.64. The van der Waals surface area contributed by atoms with Crippen molar-refractivity contribution in [3.05, 3.63) is 24.2 Å². The van der Waals surface area contributed by atoms with Crippen LogP contribution in [0.4, 0.5) is 0 Å². The molecule has 7 heteroatoms. The zero-order chi connectivity index (χ0) is 14.9. The summed E-state index contributed by atoms with van der Waals surface area (Å²) in [5.41, 5.74) is 0. The van der Waals surface area contributed by atoms with Gasteiger partial charge in [0.05, 0.1) is 19.4 Å². The molecule has 2 fully saturated rings. The van der Waals surface area contributed by atoms with Gasteiger partial charge in [0.25, 0.3) is 10.2 Å². The van der Waals surface area contributed by atoms with Gasteiger partial charge in [0.2, 0.25) is 0 Å². The molecule has 1 aromatic rings. The Kier molecular flexibility index (Phi) is 4.35. The average molecular weight is 314 g/mol. The molecule has 0 amide bonds. The highest BCUT2D eigenvalue weighted by Crippen LogP contribution is 2.34. The largest absolute Gasteiger partial charge is 0.468 e. The summed E-state index contributed by atoms with van der Waals surface area (Å²) in [5, 5.41) is 9.47. The van der Waals surface area contributed by atoms with Crippen molar-refractivity contribution in [2.24, 2.45) is 0 Å². The van der Waals surface area contributed by atoms with E-state index in [1.54, 1.807) is 22.7 Å². The van der Waals surface area contributed by atoms with Crippen molar-refractivity contribution in [1.29, 1.82) is 0 Å². The van der Waals surface area contributed by atoms with Crippen molar-refractivity contribution in [3.63, 3.8) is 0 Å². The summed E-state index contributed by atoms with van der Waals surface area (Å²) in [6, 6.07) is 3.35. The Balaban J connectivity index is 1.82. The summed E-state index contributed by atoms with van der Waals surface area (Å²) >= 11 is 0. The lowest BCUT2D eigenvalue weighted by molar-refractivity contribution is 0.146. The lowest BCUT2D eigenvalue weighted by atomic mass is 10.1. The van der Waals surface area contributed by atoms with Gasteiger partial charge in [-0.15, -0.1) is 0 Å². The first-order valence-corrected chi connectivity index (χ1v) is 8.94. The maximum atomic E-state index is 13.0. The van der Waals surface area contributed by atoms with Crippen LogP contribution in [0.15, 0.2) is 22.8 Å². The molecule has 2 aliphatic rings. The number of nitrogens with zero attached hydrogens (tertiary/aromatic N) is 2. The van der Waals surface area contributed by atoms with Gasteiger partial charge in [0, 0.05) is 18.6 Å². The zero-order valence-electron chi connectivity index (χ0n) is 12.0. The Morgan fingerprint density at radius 2 is 2.14 bits per heavy atom. The fraction of sp³-hybridized carbons (Fsp3) is 0.714. The summed E-state index contributed by atoms with van der Waals surface area (Å²) in [6.45, 7) is 0.655. The summed E-state index contributed by atoms with van der Waals surface area (Å²) in [7, 11) is -3.55. The molecule has 0 spiro atoms. The minimum Gasteiger partial charge on any atom is -0.468 e. The highest BCUT2D eigenvalue weighted by atomic mass is 32.2. The molecule has 6 nitrogen and oxygen atoms in total. The predicted molar refractivity (Wildman–Crippen MR) is 77.6 cm³/mol. The molecule has 1 aliphatic carbocycles. The maximum absolute atomic E-state index is 13.0. The number of rotatable bonds is 6. The number of hydrogen-bond donors (Lipinski definition) is 1. The lowest BCUT2D eigenvalue weighted by Gasteiger charge is -2.37. The van der Waals surface area contributed by atoms with Gasteiger partial charge in [0.15, 0.2) is 0 Å². The second kappa shape index (κ2) is 6.08. The average Bonchev–Trinajstić information content (AvgIpc) is 3.20. The second-order valence-electron chi connectivity index (χ2n) is 5.81. The van der Waals surface area contributed by atoms with E-state index in [0.717, 1.165) is 32.1 Å². The Bertz CT molecular complexity index is 554. The van der Waals surface area contributed by atoms with Crippen LogP contribution in [-0.4, -0.2) is 47.4 Å². The number of piperidine rings is 1. The molecule has 0 aromatic carbocycles. The van der Waals surface area contributed by atoms with Crippen molar-refractivity contribution >= 4 is 10.2 Å². The number of hydrogen-bond acceptors (Lipinski definition) is 4. The van der Waals surface area contributed by atoms with Crippen molar-refractivity contribution in [3.8, 4) is 0 Å². The van der Waals surface area contributed by atoms with Crippen LogP contribution in [-0.2, 0) is 16.8 Å². The standard InChI is InChI=1S/C14H22N2O4S/c17-11-13-4-1-2-8-15(13)21(18,19)16(12-6-7-12)10-14-5-3-9-20-14/h3,5,9,12-13,17H,1-2,4,6-8,10-11H2. The Hall–Kier alpha value is -0.890. The molecule has 1 saturated heterocycles. The minimum absolute atomic E-state index is 0.0707. The van der Waals surface area contributed by atoms with Crippen LogP contribution in [0.5, 0.6) is 0 Å². The molecule has 1 saturated carbocycles. The molecule has 1 N–H and O–H groups in total. The fourth-order valence-electron chi connectivity index (χ4n) is 2.91. The molecular weight excluding hydrogens is 292 g/mol. The van der Waals surface area contributed by atoms with Crippen molar-refractivity contribution in [2.45, 2.75) is 50.7 Å². The van der Waals surface area contributed by atoms with Gasteiger partial charge >= 0.3 is 0 Å². The molecule has 21 heavy (non-hydrogen) atoms. The summed E-state index contributed by atoms with van der Waals surface area (Å²) < 4.78 is 34.3. The third kappa shape index (κ3) is 3.15.